The van der Waals surface area contributed by atoms with Crippen LogP contribution in [0.15, 0.2) is 61.1 Å². The van der Waals surface area contributed by atoms with Gasteiger partial charge in [0.2, 0.25) is 0 Å². The van der Waals surface area contributed by atoms with Crippen molar-refractivity contribution in [3.05, 3.63) is 66.6 Å². The summed E-state index contributed by atoms with van der Waals surface area (Å²) in [4.78, 5) is 8.52. The van der Waals surface area contributed by atoms with Crippen molar-refractivity contribution in [2.45, 2.75) is 6.54 Å². The molecule has 0 amide bonds. The Bertz CT molecular complexity index is 645. The van der Waals surface area contributed by atoms with Crippen LogP contribution in [0.3, 0.4) is 0 Å². The molecule has 0 bridgehead atoms. The summed E-state index contributed by atoms with van der Waals surface area (Å²) < 4.78 is 0. The Labute approximate surface area is 106 Å². The first-order valence-corrected chi connectivity index (χ1v) is 5.90. The molecule has 0 saturated carbocycles. The molecule has 3 aromatic rings. The van der Waals surface area contributed by atoms with E-state index in [4.69, 9.17) is 0 Å². The molecular formula is C15H13N3. The number of aromatic nitrogens is 2. The summed E-state index contributed by atoms with van der Waals surface area (Å²) in [7, 11) is 0. The van der Waals surface area contributed by atoms with Crippen LogP contribution in [-0.4, -0.2) is 9.97 Å². The first-order chi connectivity index (χ1) is 8.93. The van der Waals surface area contributed by atoms with Crippen molar-refractivity contribution in [3.8, 4) is 0 Å². The van der Waals surface area contributed by atoms with Crippen LogP contribution in [-0.2, 0) is 6.54 Å². The number of fused-ring (bicyclic) bond motifs is 1. The number of benzene rings is 1. The van der Waals surface area contributed by atoms with E-state index < -0.39 is 0 Å². The minimum absolute atomic E-state index is 0.750. The van der Waals surface area contributed by atoms with Crippen molar-refractivity contribution in [2.75, 3.05) is 5.32 Å². The monoisotopic (exact) mass is 235 g/mol. The van der Waals surface area contributed by atoms with E-state index in [9.17, 15) is 0 Å². The molecule has 0 spiro atoms. The topological polar surface area (TPSA) is 37.8 Å². The van der Waals surface area contributed by atoms with Crippen molar-refractivity contribution in [1.29, 1.82) is 0 Å². The lowest BCUT2D eigenvalue weighted by Crippen LogP contribution is -2.00. The van der Waals surface area contributed by atoms with E-state index in [1.165, 1.54) is 10.9 Å². The molecule has 88 valence electrons. The van der Waals surface area contributed by atoms with Crippen molar-refractivity contribution < 1.29 is 0 Å². The van der Waals surface area contributed by atoms with Gasteiger partial charge in [-0.05, 0) is 23.8 Å². The highest BCUT2D eigenvalue weighted by atomic mass is 14.9. The van der Waals surface area contributed by atoms with Crippen LogP contribution in [0.1, 0.15) is 5.56 Å². The van der Waals surface area contributed by atoms with Crippen LogP contribution in [0.5, 0.6) is 0 Å². The van der Waals surface area contributed by atoms with E-state index in [-0.39, 0.29) is 0 Å². The number of rotatable bonds is 3. The molecule has 1 N–H and O–H groups in total. The van der Waals surface area contributed by atoms with Gasteiger partial charge in [0.05, 0.1) is 11.2 Å². The number of hydrogen-bond donors (Lipinski definition) is 1. The largest absolute Gasteiger partial charge is 0.380 e. The summed E-state index contributed by atoms with van der Waals surface area (Å²) in [5, 5.41) is 4.52. The highest BCUT2D eigenvalue weighted by Gasteiger charge is 2.01. The first-order valence-electron chi connectivity index (χ1n) is 5.90. The summed E-state index contributed by atoms with van der Waals surface area (Å²) in [5.74, 6) is 0. The Morgan fingerprint density at radius 2 is 1.83 bits per heavy atom. The molecule has 1 aromatic carbocycles. The summed E-state index contributed by atoms with van der Waals surface area (Å²) in [6, 6.07) is 14.2. The van der Waals surface area contributed by atoms with Gasteiger partial charge < -0.3 is 5.32 Å². The number of pyridine rings is 2. The maximum atomic E-state index is 4.44. The van der Waals surface area contributed by atoms with Gasteiger partial charge in [0, 0.05) is 30.5 Å². The fourth-order valence-corrected chi connectivity index (χ4v) is 1.97. The molecule has 0 unspecified atom stereocenters. The van der Waals surface area contributed by atoms with Gasteiger partial charge in [0.1, 0.15) is 0 Å². The second-order valence-electron chi connectivity index (χ2n) is 4.09. The van der Waals surface area contributed by atoms with Gasteiger partial charge in [-0.2, -0.15) is 0 Å². The van der Waals surface area contributed by atoms with E-state index in [0.29, 0.717) is 0 Å². The van der Waals surface area contributed by atoms with Crippen molar-refractivity contribution >= 4 is 16.6 Å². The summed E-state index contributed by atoms with van der Waals surface area (Å²) in [5.41, 5.74) is 3.26. The summed E-state index contributed by atoms with van der Waals surface area (Å²) in [6.45, 7) is 0.750. The molecule has 0 aliphatic rings. The molecule has 0 atom stereocenters. The summed E-state index contributed by atoms with van der Waals surface area (Å²) in [6.07, 6.45) is 5.42. The quantitative estimate of drug-likeness (QED) is 0.757. The summed E-state index contributed by atoms with van der Waals surface area (Å²) >= 11 is 0. The Morgan fingerprint density at radius 1 is 0.944 bits per heavy atom. The average molecular weight is 235 g/mol. The molecule has 0 aliphatic heterocycles. The zero-order chi connectivity index (χ0) is 12.2. The molecule has 2 heterocycles. The molecule has 0 saturated heterocycles. The van der Waals surface area contributed by atoms with Gasteiger partial charge in [0.25, 0.3) is 0 Å². The Hall–Kier alpha value is -2.42. The van der Waals surface area contributed by atoms with Crippen LogP contribution < -0.4 is 5.32 Å². The van der Waals surface area contributed by atoms with Crippen LogP contribution in [0.2, 0.25) is 0 Å². The third kappa shape index (κ3) is 2.15. The van der Waals surface area contributed by atoms with E-state index in [1.54, 1.807) is 6.20 Å². The van der Waals surface area contributed by atoms with E-state index in [2.05, 4.69) is 39.6 Å². The van der Waals surface area contributed by atoms with E-state index in [1.807, 2.05) is 30.6 Å². The van der Waals surface area contributed by atoms with Crippen LogP contribution in [0.25, 0.3) is 10.9 Å². The molecule has 0 aliphatic carbocycles. The highest BCUT2D eigenvalue weighted by molar-refractivity contribution is 5.81. The smallest absolute Gasteiger partial charge is 0.0751 e. The molecule has 0 radical (unpaired) electrons. The Kier molecular flexibility index (Phi) is 2.88. The molecule has 2 aromatic heterocycles. The fraction of sp³-hybridized carbons (Fsp3) is 0.0667. The molecule has 3 nitrogen and oxygen atoms in total. The highest BCUT2D eigenvalue weighted by Crippen LogP contribution is 2.17. The lowest BCUT2D eigenvalue weighted by molar-refractivity contribution is 1.14. The predicted molar refractivity (Wildman–Crippen MR) is 73.3 cm³/mol. The van der Waals surface area contributed by atoms with Crippen LogP contribution in [0.4, 0.5) is 5.69 Å². The maximum absolute atomic E-state index is 4.44. The Morgan fingerprint density at radius 3 is 2.72 bits per heavy atom. The molecular weight excluding hydrogens is 222 g/mol. The molecule has 18 heavy (non-hydrogen) atoms. The second-order valence-corrected chi connectivity index (χ2v) is 4.09. The van der Waals surface area contributed by atoms with E-state index in [0.717, 1.165) is 17.7 Å². The normalized spacial score (nSPS) is 10.4. The van der Waals surface area contributed by atoms with Crippen molar-refractivity contribution in [3.63, 3.8) is 0 Å². The van der Waals surface area contributed by atoms with Gasteiger partial charge in [-0.3, -0.25) is 9.97 Å². The van der Waals surface area contributed by atoms with Crippen LogP contribution in [0, 0.1) is 0 Å². The number of hydrogen-bond acceptors (Lipinski definition) is 3. The number of nitrogens with zero attached hydrogens (tertiary/aromatic N) is 2. The Balaban J connectivity index is 1.87. The maximum Gasteiger partial charge on any atom is 0.0751 e. The van der Waals surface area contributed by atoms with Crippen molar-refractivity contribution in [1.82, 2.24) is 9.97 Å². The lowest BCUT2D eigenvalue weighted by Gasteiger charge is -2.08. The first kappa shape index (κ1) is 10.7. The number of anilines is 1. The zero-order valence-corrected chi connectivity index (χ0v) is 9.88. The minimum Gasteiger partial charge on any atom is -0.380 e. The second kappa shape index (κ2) is 4.84. The third-order valence-electron chi connectivity index (χ3n) is 2.86. The molecule has 3 rings (SSSR count). The van der Waals surface area contributed by atoms with Crippen LogP contribution >= 0.6 is 0 Å². The van der Waals surface area contributed by atoms with Crippen molar-refractivity contribution in [2.24, 2.45) is 0 Å². The van der Waals surface area contributed by atoms with Gasteiger partial charge >= 0.3 is 0 Å². The minimum atomic E-state index is 0.750. The lowest BCUT2D eigenvalue weighted by atomic mass is 10.1. The third-order valence-corrected chi connectivity index (χ3v) is 2.86. The van der Waals surface area contributed by atoms with Gasteiger partial charge in [-0.25, -0.2) is 0 Å². The van der Waals surface area contributed by atoms with Gasteiger partial charge in [0.15, 0.2) is 0 Å². The average Bonchev–Trinajstić information content (AvgIpc) is 2.46. The molecule has 3 heteroatoms. The number of nitrogens with one attached hydrogen (secondary N) is 1. The standard InChI is InChI=1S/C15H13N3/c1-4-12-6-2-9-17-15(12)13(5-1)10-18-14-7-3-8-16-11-14/h1-9,11,18H,10H2. The predicted octanol–water partition coefficient (Wildman–Crippen LogP) is 3.24. The fourth-order valence-electron chi connectivity index (χ4n) is 1.97. The van der Waals surface area contributed by atoms with Gasteiger partial charge in [-0.15, -0.1) is 0 Å². The number of para-hydroxylation sites is 1. The van der Waals surface area contributed by atoms with Gasteiger partial charge in [-0.1, -0.05) is 24.3 Å². The molecule has 0 fully saturated rings. The SMILES string of the molecule is c1cncc(NCc2cccc3cccnc23)c1. The van der Waals surface area contributed by atoms with E-state index >= 15 is 0 Å². The zero-order valence-electron chi connectivity index (χ0n) is 9.88.